The molecule has 26 heavy (non-hydrogen) atoms. The number of carbonyl (C=O) groups excluding carboxylic acids is 1. The summed E-state index contributed by atoms with van der Waals surface area (Å²) < 4.78 is 11.4. The number of ether oxygens (including phenoxy) is 1. The van der Waals surface area contributed by atoms with Crippen molar-refractivity contribution < 1.29 is 13.9 Å². The average molecular weight is 347 g/mol. The highest BCUT2D eigenvalue weighted by Gasteiger charge is 2.21. The predicted octanol–water partition coefficient (Wildman–Crippen LogP) is 4.33. The second-order valence-corrected chi connectivity index (χ2v) is 6.03. The van der Waals surface area contributed by atoms with Crippen molar-refractivity contribution in [1.82, 2.24) is 9.97 Å². The van der Waals surface area contributed by atoms with Gasteiger partial charge in [0, 0.05) is 11.6 Å². The van der Waals surface area contributed by atoms with Crippen molar-refractivity contribution in [2.45, 2.75) is 13.8 Å². The zero-order valence-corrected chi connectivity index (χ0v) is 14.4. The van der Waals surface area contributed by atoms with E-state index in [-0.39, 0.29) is 5.76 Å². The number of para-hydroxylation sites is 1. The van der Waals surface area contributed by atoms with Gasteiger partial charge in [-0.1, -0.05) is 18.2 Å². The molecule has 2 aromatic carbocycles. The number of nitrogens with two attached hydrogens (primary N) is 1. The van der Waals surface area contributed by atoms with E-state index in [2.05, 4.69) is 9.97 Å². The number of nitrogens with one attached hydrogen (secondary N) is 1. The van der Waals surface area contributed by atoms with Crippen LogP contribution in [-0.2, 0) is 0 Å². The van der Waals surface area contributed by atoms with Crippen LogP contribution in [0.5, 0.6) is 11.5 Å². The largest absolute Gasteiger partial charge is 0.457 e. The molecule has 6 nitrogen and oxygen atoms in total. The average Bonchev–Trinajstić information content (AvgIpc) is 3.15. The van der Waals surface area contributed by atoms with Crippen LogP contribution < -0.4 is 10.5 Å². The van der Waals surface area contributed by atoms with Gasteiger partial charge in [-0.15, -0.1) is 0 Å². The number of primary amides is 1. The van der Waals surface area contributed by atoms with Crippen LogP contribution in [-0.4, -0.2) is 15.9 Å². The Morgan fingerprint density at radius 1 is 1.12 bits per heavy atom. The van der Waals surface area contributed by atoms with E-state index in [0.29, 0.717) is 22.9 Å². The molecule has 4 rings (SSSR count). The number of hydrogen-bond donors (Lipinski definition) is 2. The number of H-pyrrole nitrogens is 1. The van der Waals surface area contributed by atoms with E-state index in [9.17, 15) is 4.79 Å². The van der Waals surface area contributed by atoms with E-state index in [1.165, 1.54) is 0 Å². The van der Waals surface area contributed by atoms with Crippen LogP contribution in [0.15, 0.2) is 52.9 Å². The molecule has 2 aromatic heterocycles. The molecule has 0 atom stereocenters. The van der Waals surface area contributed by atoms with Gasteiger partial charge in [0.05, 0.1) is 16.6 Å². The summed E-state index contributed by atoms with van der Waals surface area (Å²) in [6.45, 7) is 3.58. The number of hydrogen-bond acceptors (Lipinski definition) is 4. The summed E-state index contributed by atoms with van der Waals surface area (Å²) in [4.78, 5) is 19.4. The van der Waals surface area contributed by atoms with E-state index >= 15 is 0 Å². The summed E-state index contributed by atoms with van der Waals surface area (Å²) in [6.07, 6.45) is 0. The first-order valence-corrected chi connectivity index (χ1v) is 8.16. The van der Waals surface area contributed by atoms with Gasteiger partial charge >= 0.3 is 0 Å². The zero-order valence-electron chi connectivity index (χ0n) is 14.4. The predicted molar refractivity (Wildman–Crippen MR) is 98.3 cm³/mol. The number of amides is 1. The number of furan rings is 1. The lowest BCUT2D eigenvalue weighted by molar-refractivity contribution is 0.0972. The fourth-order valence-corrected chi connectivity index (χ4v) is 3.03. The number of aromatic nitrogens is 2. The highest BCUT2D eigenvalue weighted by Crippen LogP contribution is 2.32. The summed E-state index contributed by atoms with van der Waals surface area (Å²) in [5.74, 6) is 2.24. The molecule has 130 valence electrons. The van der Waals surface area contributed by atoms with Gasteiger partial charge in [0.25, 0.3) is 5.91 Å². The van der Waals surface area contributed by atoms with Gasteiger partial charge in [-0.2, -0.15) is 0 Å². The maximum atomic E-state index is 11.5. The molecule has 2 heterocycles. The third kappa shape index (κ3) is 2.71. The second-order valence-electron chi connectivity index (χ2n) is 6.03. The lowest BCUT2D eigenvalue weighted by Crippen LogP contribution is -2.10. The number of nitrogens with zero attached hydrogens (tertiary/aromatic N) is 1. The van der Waals surface area contributed by atoms with Crippen LogP contribution in [0.25, 0.3) is 22.4 Å². The highest BCUT2D eigenvalue weighted by molar-refractivity contribution is 5.94. The molecule has 0 fully saturated rings. The van der Waals surface area contributed by atoms with E-state index in [1.807, 2.05) is 48.5 Å². The van der Waals surface area contributed by atoms with Crippen LogP contribution in [0.3, 0.4) is 0 Å². The molecular weight excluding hydrogens is 330 g/mol. The molecular formula is C20H17N3O3. The summed E-state index contributed by atoms with van der Waals surface area (Å²) >= 11 is 0. The smallest absolute Gasteiger partial charge is 0.284 e. The zero-order chi connectivity index (χ0) is 18.3. The minimum atomic E-state index is -0.591. The van der Waals surface area contributed by atoms with Crippen LogP contribution >= 0.6 is 0 Å². The minimum Gasteiger partial charge on any atom is -0.457 e. The standard InChI is InChI=1S/C20H17N3O3/c1-11-17(12(2)25-18(11)19(21)24)20-22-15-9-8-14(10-16(15)23-20)26-13-6-4-3-5-7-13/h3-10H,1-2H3,(H2,21,24)(H,22,23). The molecule has 0 aliphatic rings. The monoisotopic (exact) mass is 347 g/mol. The molecule has 0 radical (unpaired) electrons. The fraction of sp³-hybridized carbons (Fsp3) is 0.100. The minimum absolute atomic E-state index is 0.158. The Kier molecular flexibility index (Phi) is 3.73. The number of imidazole rings is 1. The topological polar surface area (TPSA) is 94.1 Å². The molecule has 0 unspecified atom stereocenters. The van der Waals surface area contributed by atoms with Gasteiger partial charge in [-0.25, -0.2) is 4.98 Å². The number of carbonyl (C=O) groups is 1. The number of fused-ring (bicyclic) bond motifs is 1. The molecule has 1 amide bonds. The third-order valence-electron chi connectivity index (χ3n) is 4.22. The van der Waals surface area contributed by atoms with E-state index in [0.717, 1.165) is 22.3 Å². The van der Waals surface area contributed by atoms with Crippen molar-refractivity contribution in [1.29, 1.82) is 0 Å². The van der Waals surface area contributed by atoms with Gasteiger partial charge < -0.3 is 19.9 Å². The van der Waals surface area contributed by atoms with E-state index in [4.69, 9.17) is 14.9 Å². The van der Waals surface area contributed by atoms with Crippen molar-refractivity contribution >= 4 is 16.9 Å². The first-order valence-electron chi connectivity index (χ1n) is 8.16. The van der Waals surface area contributed by atoms with Crippen molar-refractivity contribution in [2.75, 3.05) is 0 Å². The Bertz CT molecular complexity index is 1110. The Balaban J connectivity index is 1.74. The molecule has 0 aliphatic heterocycles. The SMILES string of the molecule is Cc1oc(C(N)=O)c(C)c1-c1nc2cc(Oc3ccccc3)ccc2[nH]1. The number of rotatable bonds is 4. The normalized spacial score (nSPS) is 11.0. The Morgan fingerprint density at radius 3 is 2.58 bits per heavy atom. The third-order valence-corrected chi connectivity index (χ3v) is 4.22. The molecule has 6 heteroatoms. The van der Waals surface area contributed by atoms with Crippen molar-refractivity contribution in [2.24, 2.45) is 5.73 Å². The summed E-state index contributed by atoms with van der Waals surface area (Å²) in [6, 6.07) is 15.2. The highest BCUT2D eigenvalue weighted by atomic mass is 16.5. The molecule has 3 N–H and O–H groups in total. The number of aryl methyl sites for hydroxylation is 1. The van der Waals surface area contributed by atoms with Crippen molar-refractivity contribution in [3.63, 3.8) is 0 Å². The van der Waals surface area contributed by atoms with Crippen molar-refractivity contribution in [3.8, 4) is 22.9 Å². The van der Waals surface area contributed by atoms with Gasteiger partial charge in [-0.05, 0) is 38.1 Å². The molecule has 0 spiro atoms. The molecule has 0 saturated heterocycles. The molecule has 0 bridgehead atoms. The summed E-state index contributed by atoms with van der Waals surface area (Å²) in [5, 5.41) is 0. The van der Waals surface area contributed by atoms with Crippen LogP contribution in [0.4, 0.5) is 0 Å². The molecule has 4 aromatic rings. The van der Waals surface area contributed by atoms with Gasteiger partial charge in [0.2, 0.25) is 0 Å². The second kappa shape index (κ2) is 6.07. The molecule has 0 saturated carbocycles. The van der Waals surface area contributed by atoms with Crippen molar-refractivity contribution in [3.05, 3.63) is 65.6 Å². The quantitative estimate of drug-likeness (QED) is 0.574. The Labute approximate surface area is 149 Å². The van der Waals surface area contributed by atoms with E-state index < -0.39 is 5.91 Å². The summed E-state index contributed by atoms with van der Waals surface area (Å²) in [5.41, 5.74) is 8.41. The van der Waals surface area contributed by atoms with Gasteiger partial charge in [0.1, 0.15) is 23.1 Å². The number of aromatic amines is 1. The van der Waals surface area contributed by atoms with Crippen LogP contribution in [0, 0.1) is 13.8 Å². The maximum absolute atomic E-state index is 11.5. The van der Waals surface area contributed by atoms with Crippen LogP contribution in [0.2, 0.25) is 0 Å². The van der Waals surface area contributed by atoms with Crippen LogP contribution in [0.1, 0.15) is 21.9 Å². The molecule has 0 aliphatic carbocycles. The Hall–Kier alpha value is -3.54. The van der Waals surface area contributed by atoms with E-state index in [1.54, 1.807) is 13.8 Å². The fourth-order valence-electron chi connectivity index (χ4n) is 3.03. The van der Waals surface area contributed by atoms with Gasteiger partial charge in [0.15, 0.2) is 5.76 Å². The summed E-state index contributed by atoms with van der Waals surface area (Å²) in [7, 11) is 0. The maximum Gasteiger partial charge on any atom is 0.284 e. The lowest BCUT2D eigenvalue weighted by Gasteiger charge is -2.04. The number of benzene rings is 2. The Morgan fingerprint density at radius 2 is 1.88 bits per heavy atom. The first kappa shape index (κ1) is 16.0. The van der Waals surface area contributed by atoms with Gasteiger partial charge in [-0.3, -0.25) is 4.79 Å². The lowest BCUT2D eigenvalue weighted by atomic mass is 10.1. The first-order chi connectivity index (χ1) is 12.5.